The van der Waals surface area contributed by atoms with E-state index in [1.54, 1.807) is 13.8 Å². The maximum Gasteiger partial charge on any atom is 0.323 e. The van der Waals surface area contributed by atoms with E-state index in [4.69, 9.17) is 9.47 Å². The van der Waals surface area contributed by atoms with Crippen LogP contribution in [0, 0.1) is 5.41 Å². The van der Waals surface area contributed by atoms with Crippen molar-refractivity contribution in [2.45, 2.75) is 98.3 Å². The van der Waals surface area contributed by atoms with Gasteiger partial charge in [0.05, 0.1) is 13.2 Å². The summed E-state index contributed by atoms with van der Waals surface area (Å²) in [5.41, 5.74) is 0.408. The van der Waals surface area contributed by atoms with Crippen molar-refractivity contribution >= 4 is 17.7 Å². The second-order valence-corrected chi connectivity index (χ2v) is 8.41. The lowest BCUT2D eigenvalue weighted by Crippen LogP contribution is -2.42. The zero-order valence-corrected chi connectivity index (χ0v) is 20.5. The van der Waals surface area contributed by atoms with Gasteiger partial charge in [0.25, 0.3) is 0 Å². The van der Waals surface area contributed by atoms with Gasteiger partial charge in [-0.05, 0) is 45.1 Å². The van der Waals surface area contributed by atoms with E-state index < -0.39 is 17.4 Å². The Balaban J connectivity index is 2.95. The molecule has 0 atom stereocenters. The molecular formula is C27H42O5. The largest absolute Gasteiger partial charge is 0.465 e. The Morgan fingerprint density at radius 3 is 1.81 bits per heavy atom. The minimum atomic E-state index is -1.42. The van der Waals surface area contributed by atoms with Gasteiger partial charge in [-0.25, -0.2) is 0 Å². The molecule has 0 spiro atoms. The molecule has 0 aliphatic carbocycles. The fraction of sp³-hybridized carbons (Fsp3) is 0.667. The Kier molecular flexibility index (Phi) is 13.6. The third kappa shape index (κ3) is 8.76. The van der Waals surface area contributed by atoms with Crippen LogP contribution < -0.4 is 0 Å². The van der Waals surface area contributed by atoms with Gasteiger partial charge in [-0.2, -0.15) is 0 Å². The van der Waals surface area contributed by atoms with Crippen molar-refractivity contribution in [2.24, 2.45) is 5.41 Å². The molecule has 0 aliphatic rings. The van der Waals surface area contributed by atoms with Crippen molar-refractivity contribution in [3.63, 3.8) is 0 Å². The zero-order chi connectivity index (χ0) is 23.8. The number of aryl methyl sites for hydroxylation is 1. The summed E-state index contributed by atoms with van der Waals surface area (Å²) in [4.78, 5) is 38.8. The Morgan fingerprint density at radius 2 is 1.28 bits per heavy atom. The van der Waals surface area contributed by atoms with Crippen LogP contribution in [0.15, 0.2) is 24.3 Å². The smallest absolute Gasteiger partial charge is 0.323 e. The molecule has 0 aliphatic heterocycles. The van der Waals surface area contributed by atoms with Gasteiger partial charge >= 0.3 is 11.9 Å². The van der Waals surface area contributed by atoms with E-state index in [9.17, 15) is 14.4 Å². The van der Waals surface area contributed by atoms with Crippen LogP contribution in [0.3, 0.4) is 0 Å². The van der Waals surface area contributed by atoms with E-state index in [2.05, 4.69) is 13.8 Å². The molecule has 0 N–H and O–H groups in total. The average molecular weight is 447 g/mol. The number of carbonyl (C=O) groups excluding carboxylic acids is 3. The Morgan fingerprint density at radius 1 is 0.719 bits per heavy atom. The molecule has 1 aromatic carbocycles. The first-order chi connectivity index (χ1) is 15.4. The third-order valence-electron chi connectivity index (χ3n) is 5.91. The molecule has 1 aromatic rings. The van der Waals surface area contributed by atoms with Crippen LogP contribution in [0.4, 0.5) is 0 Å². The highest BCUT2D eigenvalue weighted by molar-refractivity contribution is 6.02. The highest BCUT2D eigenvalue weighted by Crippen LogP contribution is 2.35. The number of rotatable bonds is 17. The highest BCUT2D eigenvalue weighted by Gasteiger charge is 2.48. The van der Waals surface area contributed by atoms with Gasteiger partial charge in [0.2, 0.25) is 0 Å². The summed E-state index contributed by atoms with van der Waals surface area (Å²) >= 11 is 0. The number of hydrogen-bond donors (Lipinski definition) is 0. The first kappa shape index (κ1) is 27.9. The van der Waals surface area contributed by atoms with Gasteiger partial charge in [-0.1, -0.05) is 76.6 Å². The third-order valence-corrected chi connectivity index (χ3v) is 5.91. The molecule has 5 nitrogen and oxygen atoms in total. The number of benzene rings is 1. The summed E-state index contributed by atoms with van der Waals surface area (Å²) in [6.45, 7) is 8.09. The van der Waals surface area contributed by atoms with E-state index in [1.807, 2.05) is 24.3 Å². The fourth-order valence-electron chi connectivity index (χ4n) is 3.92. The molecule has 0 saturated carbocycles. The lowest BCUT2D eigenvalue weighted by molar-refractivity contribution is -0.173. The number of unbranched alkanes of at least 4 members (excludes halogenated alkanes) is 5. The topological polar surface area (TPSA) is 69.7 Å². The number of carbonyl (C=O) groups is 3. The molecule has 5 heteroatoms. The van der Waals surface area contributed by atoms with Crippen molar-refractivity contribution in [2.75, 3.05) is 13.2 Å². The minimum Gasteiger partial charge on any atom is -0.465 e. The Hall–Kier alpha value is -2.17. The first-order valence-corrected chi connectivity index (χ1v) is 12.4. The summed E-state index contributed by atoms with van der Waals surface area (Å²) in [6.07, 6.45) is 8.79. The first-order valence-electron chi connectivity index (χ1n) is 12.4. The predicted molar refractivity (Wildman–Crippen MR) is 128 cm³/mol. The number of Topliss-reactive ketones (excluding diaryl/α,β-unsaturated/α-hetero) is 1. The van der Waals surface area contributed by atoms with Crippen molar-refractivity contribution in [3.8, 4) is 0 Å². The lowest BCUT2D eigenvalue weighted by Gasteiger charge is -2.29. The summed E-state index contributed by atoms with van der Waals surface area (Å²) in [7, 11) is 0. The van der Waals surface area contributed by atoms with Gasteiger partial charge in [-0.15, -0.1) is 0 Å². The highest BCUT2D eigenvalue weighted by atomic mass is 16.6. The Bertz CT molecular complexity index is 675. The van der Waals surface area contributed by atoms with Gasteiger partial charge in [0.1, 0.15) is 0 Å². The van der Waals surface area contributed by atoms with Crippen molar-refractivity contribution in [3.05, 3.63) is 35.4 Å². The predicted octanol–water partition coefficient (Wildman–Crippen LogP) is 6.47. The fourth-order valence-corrected chi connectivity index (χ4v) is 3.92. The summed E-state index contributed by atoms with van der Waals surface area (Å²) in [5.74, 6) is -1.22. The van der Waals surface area contributed by atoms with E-state index in [1.165, 1.54) is 18.4 Å². The quantitative estimate of drug-likeness (QED) is 0.119. The van der Waals surface area contributed by atoms with Crippen LogP contribution in [0.1, 0.15) is 108 Å². The standard InChI is InChI=1S/C27H42O5/c1-5-9-11-13-20-27(25(29)31-7-3,26(30)32-8-4)21-19-24(28)23-17-15-22(16-18-23)14-12-10-6-2/h15-18H,5-14,19-21H2,1-4H3. The molecule has 1 rings (SSSR count). The van der Waals surface area contributed by atoms with Gasteiger partial charge in [0, 0.05) is 12.0 Å². The second-order valence-electron chi connectivity index (χ2n) is 8.41. The van der Waals surface area contributed by atoms with E-state index in [0.717, 1.165) is 32.1 Å². The van der Waals surface area contributed by atoms with Gasteiger partial charge < -0.3 is 9.47 Å². The van der Waals surface area contributed by atoms with Crippen LogP contribution in [0.5, 0.6) is 0 Å². The molecule has 0 aromatic heterocycles. The molecule has 0 amide bonds. The lowest BCUT2D eigenvalue weighted by atomic mass is 9.77. The number of ether oxygens (including phenoxy) is 2. The minimum absolute atomic E-state index is 0.0726. The number of hydrogen-bond acceptors (Lipinski definition) is 5. The van der Waals surface area contributed by atoms with Crippen molar-refractivity contribution in [1.29, 1.82) is 0 Å². The monoisotopic (exact) mass is 446 g/mol. The maximum absolute atomic E-state index is 12.9. The van der Waals surface area contributed by atoms with Crippen LogP contribution in [-0.2, 0) is 25.5 Å². The van der Waals surface area contributed by atoms with E-state index >= 15 is 0 Å². The van der Waals surface area contributed by atoms with Crippen LogP contribution >= 0.6 is 0 Å². The van der Waals surface area contributed by atoms with Gasteiger partial charge in [0.15, 0.2) is 11.2 Å². The number of esters is 2. The van der Waals surface area contributed by atoms with E-state index in [0.29, 0.717) is 18.4 Å². The normalized spacial score (nSPS) is 11.2. The van der Waals surface area contributed by atoms with Crippen LogP contribution in [0.2, 0.25) is 0 Å². The molecule has 0 heterocycles. The zero-order valence-electron chi connectivity index (χ0n) is 20.5. The summed E-state index contributed by atoms with van der Waals surface area (Å²) < 4.78 is 10.6. The van der Waals surface area contributed by atoms with Gasteiger partial charge in [-0.3, -0.25) is 14.4 Å². The average Bonchev–Trinajstić information content (AvgIpc) is 2.79. The molecule has 0 unspecified atom stereocenters. The SMILES string of the molecule is CCCCCCC(CCC(=O)c1ccc(CCCCC)cc1)(C(=O)OCC)C(=O)OCC. The molecule has 0 radical (unpaired) electrons. The molecule has 0 saturated heterocycles. The molecule has 180 valence electrons. The number of ketones is 1. The van der Waals surface area contributed by atoms with Crippen molar-refractivity contribution in [1.82, 2.24) is 0 Å². The summed E-state index contributed by atoms with van der Waals surface area (Å²) in [5, 5.41) is 0. The second kappa shape index (κ2) is 15.6. The molecule has 0 bridgehead atoms. The van der Waals surface area contributed by atoms with Crippen LogP contribution in [-0.4, -0.2) is 30.9 Å². The summed E-state index contributed by atoms with van der Waals surface area (Å²) in [6, 6.07) is 7.69. The Labute approximate surface area is 194 Å². The maximum atomic E-state index is 12.9. The van der Waals surface area contributed by atoms with E-state index in [-0.39, 0.29) is 31.8 Å². The van der Waals surface area contributed by atoms with Crippen LogP contribution in [0.25, 0.3) is 0 Å². The molecule has 32 heavy (non-hydrogen) atoms. The van der Waals surface area contributed by atoms with Crippen molar-refractivity contribution < 1.29 is 23.9 Å². The molecular weight excluding hydrogens is 404 g/mol. The molecule has 0 fully saturated rings.